The van der Waals surface area contributed by atoms with Crippen molar-refractivity contribution < 1.29 is 14.6 Å². The van der Waals surface area contributed by atoms with E-state index in [1.165, 1.54) is 0 Å². The second-order valence-corrected chi connectivity index (χ2v) is 7.20. The van der Waals surface area contributed by atoms with Crippen LogP contribution in [-0.4, -0.2) is 88.5 Å². The number of aliphatic hydroxyl groups excluding tert-OH is 1. The van der Waals surface area contributed by atoms with Crippen LogP contribution in [0.25, 0.3) is 0 Å². The molecular weight excluding hydrogens is 322 g/mol. The van der Waals surface area contributed by atoms with E-state index in [-0.39, 0.29) is 18.4 Å². The van der Waals surface area contributed by atoms with E-state index in [0.717, 1.165) is 51.6 Å². The van der Waals surface area contributed by atoms with Gasteiger partial charge in [-0.05, 0) is 25.2 Å². The molecule has 2 atom stereocenters. The molecule has 8 nitrogen and oxygen atoms in total. The molecule has 0 radical (unpaired) electrons. The second kappa shape index (κ2) is 8.73. The summed E-state index contributed by atoms with van der Waals surface area (Å²) in [4.78, 5) is 21.2. The highest BCUT2D eigenvalue weighted by Crippen LogP contribution is 2.23. The Morgan fingerprint density at radius 2 is 2.08 bits per heavy atom. The largest absolute Gasteiger partial charge is 0.396 e. The average molecular weight is 351 g/mol. The summed E-state index contributed by atoms with van der Waals surface area (Å²) in [7, 11) is 0. The van der Waals surface area contributed by atoms with E-state index in [1.54, 1.807) is 0 Å². The molecule has 3 rings (SSSR count). The fourth-order valence-corrected chi connectivity index (χ4v) is 3.81. The lowest BCUT2D eigenvalue weighted by atomic mass is 9.89. The molecule has 8 heteroatoms. The summed E-state index contributed by atoms with van der Waals surface area (Å²) in [5, 5.41) is 16.5. The number of aryl methyl sites for hydroxylation is 2. The number of rotatable bonds is 6. The van der Waals surface area contributed by atoms with Gasteiger partial charge in [-0.25, -0.2) is 4.98 Å². The minimum absolute atomic E-state index is 0.132. The molecule has 25 heavy (non-hydrogen) atoms. The lowest BCUT2D eigenvalue weighted by molar-refractivity contribution is -0.134. The van der Waals surface area contributed by atoms with Gasteiger partial charge in [0.15, 0.2) is 5.82 Å². The predicted octanol–water partition coefficient (Wildman–Crippen LogP) is -0.165. The third-order valence-electron chi connectivity index (χ3n) is 5.06. The van der Waals surface area contributed by atoms with Crippen LogP contribution in [0.5, 0.6) is 0 Å². The van der Waals surface area contributed by atoms with Gasteiger partial charge in [-0.1, -0.05) is 0 Å². The molecule has 0 bridgehead atoms. The van der Waals surface area contributed by atoms with Crippen LogP contribution < -0.4 is 0 Å². The maximum Gasteiger partial charge on any atom is 0.223 e. The van der Waals surface area contributed by atoms with E-state index in [4.69, 9.17) is 4.74 Å². The van der Waals surface area contributed by atoms with Crippen molar-refractivity contribution in [2.24, 2.45) is 11.8 Å². The minimum atomic E-state index is 0.132. The fourth-order valence-electron chi connectivity index (χ4n) is 3.81. The zero-order valence-corrected chi connectivity index (χ0v) is 15.0. The Morgan fingerprint density at radius 1 is 1.32 bits per heavy atom. The van der Waals surface area contributed by atoms with E-state index < -0.39 is 0 Å². The highest BCUT2D eigenvalue weighted by atomic mass is 16.5. The monoisotopic (exact) mass is 351 g/mol. The van der Waals surface area contributed by atoms with Crippen LogP contribution in [0.15, 0.2) is 0 Å². The van der Waals surface area contributed by atoms with Gasteiger partial charge in [-0.3, -0.25) is 14.8 Å². The van der Waals surface area contributed by atoms with Gasteiger partial charge >= 0.3 is 0 Å². The van der Waals surface area contributed by atoms with Crippen molar-refractivity contribution in [1.82, 2.24) is 25.0 Å². The number of nitrogens with zero attached hydrogens (tertiary/aromatic N) is 4. The standard InChI is InChI=1S/C17H29N5O3/c1-13-18-16(20-19-13)2-3-17(24)22-10-14(8-15(11-22)12-23)9-21-4-6-25-7-5-21/h14-15,23H,2-12H2,1H3,(H,18,19,20)/t14-,15+/m0/s1. The summed E-state index contributed by atoms with van der Waals surface area (Å²) >= 11 is 0. The Balaban J connectivity index is 1.52. The molecule has 0 aliphatic carbocycles. The van der Waals surface area contributed by atoms with Gasteiger partial charge < -0.3 is 14.7 Å². The first-order valence-corrected chi connectivity index (χ1v) is 9.20. The molecule has 1 aromatic rings. The number of piperidine rings is 1. The number of aromatic nitrogens is 3. The molecule has 2 saturated heterocycles. The first-order chi connectivity index (χ1) is 12.1. The van der Waals surface area contributed by atoms with Crippen LogP contribution in [-0.2, 0) is 16.0 Å². The summed E-state index contributed by atoms with van der Waals surface area (Å²) < 4.78 is 5.41. The van der Waals surface area contributed by atoms with Gasteiger partial charge in [-0.2, -0.15) is 5.10 Å². The van der Waals surface area contributed by atoms with Gasteiger partial charge in [0, 0.05) is 52.2 Å². The van der Waals surface area contributed by atoms with E-state index in [1.807, 2.05) is 11.8 Å². The number of carbonyl (C=O) groups excluding carboxylic acids is 1. The number of nitrogens with one attached hydrogen (secondary N) is 1. The lowest BCUT2D eigenvalue weighted by Gasteiger charge is -2.40. The van der Waals surface area contributed by atoms with Gasteiger partial charge in [-0.15, -0.1) is 0 Å². The van der Waals surface area contributed by atoms with Gasteiger partial charge in [0.1, 0.15) is 5.82 Å². The highest BCUT2D eigenvalue weighted by Gasteiger charge is 2.31. The molecule has 2 N–H and O–H groups in total. The van der Waals surface area contributed by atoms with E-state index in [2.05, 4.69) is 20.1 Å². The number of hydrogen-bond donors (Lipinski definition) is 2. The van der Waals surface area contributed by atoms with Crippen molar-refractivity contribution >= 4 is 5.91 Å². The van der Waals surface area contributed by atoms with E-state index in [0.29, 0.717) is 31.1 Å². The number of aromatic amines is 1. The molecule has 1 aromatic heterocycles. The van der Waals surface area contributed by atoms with Crippen LogP contribution >= 0.6 is 0 Å². The Morgan fingerprint density at radius 3 is 2.76 bits per heavy atom. The summed E-state index contributed by atoms with van der Waals surface area (Å²) in [5.41, 5.74) is 0. The van der Waals surface area contributed by atoms with Gasteiger partial charge in [0.25, 0.3) is 0 Å². The number of likely N-dealkylation sites (tertiary alicyclic amines) is 1. The number of aliphatic hydroxyl groups is 1. The summed E-state index contributed by atoms with van der Waals surface area (Å²) in [6.45, 7) is 7.89. The molecule has 0 aromatic carbocycles. The average Bonchev–Trinajstić information content (AvgIpc) is 3.05. The quantitative estimate of drug-likeness (QED) is 0.739. The molecule has 140 valence electrons. The normalized spacial score (nSPS) is 25.3. The highest BCUT2D eigenvalue weighted by molar-refractivity contribution is 5.76. The van der Waals surface area contributed by atoms with E-state index >= 15 is 0 Å². The third kappa shape index (κ3) is 5.23. The third-order valence-corrected chi connectivity index (χ3v) is 5.06. The predicted molar refractivity (Wildman–Crippen MR) is 92.0 cm³/mol. The topological polar surface area (TPSA) is 94.6 Å². The Hall–Kier alpha value is -1.51. The summed E-state index contributed by atoms with van der Waals surface area (Å²) in [5.74, 6) is 2.18. The maximum absolute atomic E-state index is 12.6. The zero-order chi connectivity index (χ0) is 17.6. The molecular formula is C17H29N5O3. The minimum Gasteiger partial charge on any atom is -0.396 e. The van der Waals surface area contributed by atoms with Crippen LogP contribution in [0.2, 0.25) is 0 Å². The van der Waals surface area contributed by atoms with Gasteiger partial charge in [0.05, 0.1) is 13.2 Å². The molecule has 2 aliphatic heterocycles. The van der Waals surface area contributed by atoms with Crippen LogP contribution in [0.3, 0.4) is 0 Å². The number of H-pyrrole nitrogens is 1. The van der Waals surface area contributed by atoms with Crippen molar-refractivity contribution in [2.75, 3.05) is 52.5 Å². The van der Waals surface area contributed by atoms with Crippen LogP contribution in [0.1, 0.15) is 24.5 Å². The fraction of sp³-hybridized carbons (Fsp3) is 0.824. The number of carbonyl (C=O) groups is 1. The van der Waals surface area contributed by atoms with Crippen molar-refractivity contribution in [1.29, 1.82) is 0 Å². The number of morpholine rings is 1. The van der Waals surface area contributed by atoms with Crippen LogP contribution in [0.4, 0.5) is 0 Å². The maximum atomic E-state index is 12.6. The molecule has 2 fully saturated rings. The summed E-state index contributed by atoms with van der Waals surface area (Å²) in [6.07, 6.45) is 1.95. The molecule has 3 heterocycles. The van der Waals surface area contributed by atoms with Crippen LogP contribution in [0, 0.1) is 18.8 Å². The molecule has 1 amide bonds. The Bertz CT molecular complexity index is 558. The van der Waals surface area contributed by atoms with E-state index in [9.17, 15) is 9.90 Å². The van der Waals surface area contributed by atoms with Gasteiger partial charge in [0.2, 0.25) is 5.91 Å². The first kappa shape index (κ1) is 18.3. The first-order valence-electron chi connectivity index (χ1n) is 9.20. The SMILES string of the molecule is Cc1nc(CCC(=O)N2C[C@H](CO)C[C@@H](CN3CCOCC3)C2)n[nH]1. The van der Waals surface area contributed by atoms with Crippen molar-refractivity contribution in [2.45, 2.75) is 26.2 Å². The molecule has 0 saturated carbocycles. The summed E-state index contributed by atoms with van der Waals surface area (Å²) in [6, 6.07) is 0. The van der Waals surface area contributed by atoms with Crippen molar-refractivity contribution in [3.63, 3.8) is 0 Å². The number of amides is 1. The Labute approximate surface area is 148 Å². The molecule has 0 spiro atoms. The Kier molecular flexibility index (Phi) is 6.39. The lowest BCUT2D eigenvalue weighted by Crippen LogP contribution is -2.49. The smallest absolute Gasteiger partial charge is 0.223 e. The number of hydrogen-bond acceptors (Lipinski definition) is 6. The molecule has 2 aliphatic rings. The zero-order valence-electron chi connectivity index (χ0n) is 15.0. The number of ether oxygens (including phenoxy) is 1. The second-order valence-electron chi connectivity index (χ2n) is 7.20. The molecule has 0 unspecified atom stereocenters. The van der Waals surface area contributed by atoms with Crippen molar-refractivity contribution in [3.8, 4) is 0 Å². The van der Waals surface area contributed by atoms with Crippen molar-refractivity contribution in [3.05, 3.63) is 11.6 Å².